The van der Waals surface area contributed by atoms with Crippen molar-refractivity contribution in [1.82, 2.24) is 5.32 Å². The highest BCUT2D eigenvalue weighted by atomic mass is 35.5. The Hall–Kier alpha value is -1.76. The van der Waals surface area contributed by atoms with Crippen molar-refractivity contribution in [2.75, 3.05) is 10.6 Å². The monoisotopic (exact) mass is 428 g/mol. The van der Waals surface area contributed by atoms with Crippen LogP contribution in [0.3, 0.4) is 0 Å². The minimum Gasteiger partial charge on any atom is -0.350 e. The van der Waals surface area contributed by atoms with Gasteiger partial charge in [-0.2, -0.15) is 0 Å². The van der Waals surface area contributed by atoms with E-state index >= 15 is 0 Å². The third-order valence-corrected chi connectivity index (χ3v) is 5.92. The summed E-state index contributed by atoms with van der Waals surface area (Å²) in [6.45, 7) is 3.75. The molecule has 0 heterocycles. The largest absolute Gasteiger partial charge is 0.350 e. The average Bonchev–Trinajstić information content (AvgIpc) is 2.60. The number of sulfonamides is 1. The van der Waals surface area contributed by atoms with Crippen LogP contribution in [-0.2, 0) is 21.4 Å². The second kappa shape index (κ2) is 8.95. The van der Waals surface area contributed by atoms with E-state index in [4.69, 9.17) is 23.2 Å². The number of carbonyl (C=O) groups is 1. The molecule has 0 bridgehead atoms. The van der Waals surface area contributed by atoms with Crippen LogP contribution < -0.4 is 9.62 Å². The molecular weight excluding hydrogens is 407 g/mol. The Labute approximate surface area is 170 Å². The van der Waals surface area contributed by atoms with Gasteiger partial charge in [0.15, 0.2) is 0 Å². The molecule has 8 heteroatoms. The van der Waals surface area contributed by atoms with E-state index in [1.54, 1.807) is 50.2 Å². The smallest absolute Gasteiger partial charge is 0.244 e. The van der Waals surface area contributed by atoms with E-state index in [0.29, 0.717) is 27.7 Å². The van der Waals surface area contributed by atoms with Gasteiger partial charge >= 0.3 is 0 Å². The third-order valence-electron chi connectivity index (χ3n) is 4.15. The van der Waals surface area contributed by atoms with Crippen LogP contribution in [0, 0.1) is 6.92 Å². The Morgan fingerprint density at radius 1 is 1.19 bits per heavy atom. The molecule has 0 aliphatic rings. The maximum Gasteiger partial charge on any atom is 0.244 e. The Morgan fingerprint density at radius 3 is 2.44 bits per heavy atom. The zero-order chi connectivity index (χ0) is 20.2. The van der Waals surface area contributed by atoms with Crippen molar-refractivity contribution in [3.8, 4) is 0 Å². The molecule has 0 aliphatic carbocycles. The Bertz CT molecular complexity index is 932. The molecule has 0 saturated heterocycles. The van der Waals surface area contributed by atoms with E-state index < -0.39 is 22.0 Å². The number of hydrogen-bond acceptors (Lipinski definition) is 3. The summed E-state index contributed by atoms with van der Waals surface area (Å²) in [5, 5.41) is 3.72. The molecule has 1 N–H and O–H groups in total. The summed E-state index contributed by atoms with van der Waals surface area (Å²) in [5.41, 5.74) is 1.86. The predicted molar refractivity (Wildman–Crippen MR) is 111 cm³/mol. The molecule has 2 rings (SSSR count). The zero-order valence-electron chi connectivity index (χ0n) is 15.4. The van der Waals surface area contributed by atoms with E-state index in [2.05, 4.69) is 5.32 Å². The van der Waals surface area contributed by atoms with Gasteiger partial charge in [0.25, 0.3) is 0 Å². The average molecular weight is 429 g/mol. The Morgan fingerprint density at radius 2 is 1.85 bits per heavy atom. The van der Waals surface area contributed by atoms with Crippen molar-refractivity contribution in [3.05, 3.63) is 63.6 Å². The van der Waals surface area contributed by atoms with Gasteiger partial charge in [-0.3, -0.25) is 9.10 Å². The molecule has 0 saturated carbocycles. The summed E-state index contributed by atoms with van der Waals surface area (Å²) in [7, 11) is -3.72. The number of nitrogens with one attached hydrogen (secondary N) is 1. The molecule has 0 fully saturated rings. The summed E-state index contributed by atoms with van der Waals surface area (Å²) in [4.78, 5) is 12.8. The highest BCUT2D eigenvalue weighted by molar-refractivity contribution is 7.92. The number of aryl methyl sites for hydroxylation is 1. The van der Waals surface area contributed by atoms with Gasteiger partial charge in [-0.05, 0) is 42.7 Å². The molecule has 0 unspecified atom stereocenters. The maximum absolute atomic E-state index is 12.8. The van der Waals surface area contributed by atoms with Gasteiger partial charge in [0.1, 0.15) is 6.04 Å². The molecule has 1 amide bonds. The molecule has 0 aliphatic heterocycles. The van der Waals surface area contributed by atoms with Crippen molar-refractivity contribution < 1.29 is 13.2 Å². The quantitative estimate of drug-likeness (QED) is 0.719. The van der Waals surface area contributed by atoms with E-state index in [0.717, 1.165) is 16.1 Å². The number of halogens is 2. The predicted octanol–water partition coefficient (Wildman–Crippen LogP) is 4.16. The second-order valence-electron chi connectivity index (χ2n) is 6.22. The second-order valence-corrected chi connectivity index (χ2v) is 8.93. The van der Waals surface area contributed by atoms with Gasteiger partial charge < -0.3 is 5.32 Å². The van der Waals surface area contributed by atoms with Crippen molar-refractivity contribution >= 4 is 44.8 Å². The standard InChI is InChI=1S/C19H22Cl2N2O3S/c1-4-17(19(24)22-12-14-7-5-6-8-16(14)21)23(27(3,25)26)18-11-15(20)10-9-13(18)2/h5-11,17H,4,12H2,1-3H3,(H,22,24)/t17-/m0/s1. The van der Waals surface area contributed by atoms with Crippen LogP contribution in [0.25, 0.3) is 0 Å². The lowest BCUT2D eigenvalue weighted by Gasteiger charge is -2.31. The van der Waals surface area contributed by atoms with E-state index in [1.165, 1.54) is 0 Å². The number of hydrogen-bond donors (Lipinski definition) is 1. The summed E-state index contributed by atoms with van der Waals surface area (Å²) in [6.07, 6.45) is 1.38. The summed E-state index contributed by atoms with van der Waals surface area (Å²) < 4.78 is 26.2. The number of benzene rings is 2. The van der Waals surface area contributed by atoms with Gasteiger partial charge in [0.05, 0.1) is 11.9 Å². The fourth-order valence-electron chi connectivity index (χ4n) is 2.80. The van der Waals surface area contributed by atoms with E-state index in [-0.39, 0.29) is 6.54 Å². The van der Waals surface area contributed by atoms with Crippen molar-refractivity contribution in [2.45, 2.75) is 32.9 Å². The molecular formula is C19H22Cl2N2O3S. The van der Waals surface area contributed by atoms with Gasteiger partial charge in [-0.25, -0.2) is 8.42 Å². The lowest BCUT2D eigenvalue weighted by Crippen LogP contribution is -2.49. The Balaban J connectivity index is 2.33. The molecule has 27 heavy (non-hydrogen) atoms. The lowest BCUT2D eigenvalue weighted by atomic mass is 10.1. The van der Waals surface area contributed by atoms with Crippen LogP contribution in [0.15, 0.2) is 42.5 Å². The number of carbonyl (C=O) groups excluding carboxylic acids is 1. The molecule has 2 aromatic carbocycles. The van der Waals surface area contributed by atoms with Gasteiger partial charge in [-0.1, -0.05) is 54.4 Å². The van der Waals surface area contributed by atoms with Crippen LogP contribution in [0.4, 0.5) is 5.69 Å². The highest BCUT2D eigenvalue weighted by Crippen LogP contribution is 2.29. The topological polar surface area (TPSA) is 66.5 Å². The molecule has 0 spiro atoms. The molecule has 1 atom stereocenters. The summed E-state index contributed by atoms with van der Waals surface area (Å²) in [5.74, 6) is -0.401. The van der Waals surface area contributed by atoms with Crippen molar-refractivity contribution in [2.24, 2.45) is 0 Å². The summed E-state index contributed by atoms with van der Waals surface area (Å²) in [6, 6.07) is 11.2. The minimum atomic E-state index is -3.72. The normalized spacial score (nSPS) is 12.5. The first-order valence-electron chi connectivity index (χ1n) is 8.41. The molecule has 0 radical (unpaired) electrons. The lowest BCUT2D eigenvalue weighted by molar-refractivity contribution is -0.122. The number of amides is 1. The van der Waals surface area contributed by atoms with Crippen LogP contribution in [-0.4, -0.2) is 26.6 Å². The van der Waals surface area contributed by atoms with Crippen LogP contribution in [0.5, 0.6) is 0 Å². The molecule has 0 aromatic heterocycles. The first-order chi connectivity index (χ1) is 12.6. The van der Waals surface area contributed by atoms with Gasteiger partial charge in [-0.15, -0.1) is 0 Å². The number of rotatable bonds is 7. The maximum atomic E-state index is 12.8. The van der Waals surface area contributed by atoms with Gasteiger partial charge in [0.2, 0.25) is 15.9 Å². The fourth-order valence-corrected chi connectivity index (χ4v) is 4.43. The SMILES string of the molecule is CC[C@@H](C(=O)NCc1ccccc1Cl)N(c1cc(Cl)ccc1C)S(C)(=O)=O. The molecule has 146 valence electrons. The molecule has 5 nitrogen and oxygen atoms in total. The highest BCUT2D eigenvalue weighted by Gasteiger charge is 2.32. The number of nitrogens with zero attached hydrogens (tertiary/aromatic N) is 1. The first kappa shape index (κ1) is 21.5. The third kappa shape index (κ3) is 5.37. The fraction of sp³-hybridized carbons (Fsp3) is 0.316. The first-order valence-corrected chi connectivity index (χ1v) is 11.0. The zero-order valence-corrected chi connectivity index (χ0v) is 17.7. The van der Waals surface area contributed by atoms with Crippen molar-refractivity contribution in [1.29, 1.82) is 0 Å². The Kier molecular flexibility index (Phi) is 7.14. The van der Waals surface area contributed by atoms with Gasteiger partial charge in [0, 0.05) is 16.6 Å². The van der Waals surface area contributed by atoms with Crippen LogP contribution in [0.2, 0.25) is 10.0 Å². The van der Waals surface area contributed by atoms with E-state index in [9.17, 15) is 13.2 Å². The number of anilines is 1. The minimum absolute atomic E-state index is 0.209. The van der Waals surface area contributed by atoms with Crippen LogP contribution in [0.1, 0.15) is 24.5 Å². The summed E-state index contributed by atoms with van der Waals surface area (Å²) >= 11 is 12.2. The van der Waals surface area contributed by atoms with Crippen molar-refractivity contribution in [3.63, 3.8) is 0 Å². The molecule has 2 aromatic rings. The van der Waals surface area contributed by atoms with E-state index in [1.807, 2.05) is 6.07 Å². The van der Waals surface area contributed by atoms with Crippen LogP contribution >= 0.6 is 23.2 Å².